The molecule has 60 heavy (non-hydrogen) atoms. The molecular formula is C36H36N14O8S2. The first-order valence-electron chi connectivity index (χ1n) is 17.2. The fourth-order valence-corrected chi connectivity index (χ4v) is 6.74. The first-order chi connectivity index (χ1) is 28.5. The number of aromatic nitrogens is 6. The molecule has 0 unspecified atom stereocenters. The average Bonchev–Trinajstić information content (AvgIpc) is 3.20. The first-order valence-corrected chi connectivity index (χ1v) is 20.1. The van der Waals surface area contributed by atoms with E-state index in [9.17, 15) is 36.2 Å². The molecule has 2 heterocycles. The first kappa shape index (κ1) is 42.1. The van der Waals surface area contributed by atoms with E-state index in [4.69, 9.17) is 11.5 Å². The zero-order chi connectivity index (χ0) is 43.2. The highest BCUT2D eigenvalue weighted by Crippen LogP contribution is 2.47. The molecular weight excluding hydrogens is 821 g/mol. The van der Waals surface area contributed by atoms with Gasteiger partial charge >= 0.3 is 0 Å². The maximum atomic E-state index is 12.6. The van der Waals surface area contributed by atoms with Crippen molar-refractivity contribution in [3.63, 3.8) is 0 Å². The quantitative estimate of drug-likeness (QED) is 0.0433. The van der Waals surface area contributed by atoms with Crippen molar-refractivity contribution in [1.29, 1.82) is 0 Å². The lowest BCUT2D eigenvalue weighted by Crippen LogP contribution is -2.11. The molecule has 310 valence electrons. The van der Waals surface area contributed by atoms with Crippen LogP contribution in [0, 0.1) is 0 Å². The molecule has 0 bridgehead atoms. The van der Waals surface area contributed by atoms with Gasteiger partial charge in [0.1, 0.15) is 15.8 Å². The second kappa shape index (κ2) is 17.6. The number of hydrogen-bond donors (Lipinski definition) is 12. The van der Waals surface area contributed by atoms with E-state index in [0.717, 1.165) is 6.07 Å². The molecule has 0 aliphatic carbocycles. The molecule has 6 rings (SSSR count). The number of anilines is 10. The molecule has 14 N–H and O–H groups in total. The molecule has 24 heteroatoms. The van der Waals surface area contributed by atoms with E-state index in [-0.39, 0.29) is 63.1 Å². The molecule has 0 aliphatic heterocycles. The van der Waals surface area contributed by atoms with Crippen molar-refractivity contribution in [2.75, 3.05) is 46.0 Å². The van der Waals surface area contributed by atoms with Gasteiger partial charge in [0, 0.05) is 48.0 Å². The molecule has 6 aromatic rings. The number of nitrogens with zero attached hydrogens (tertiary/aromatic N) is 6. The van der Waals surface area contributed by atoms with Gasteiger partial charge in [0.05, 0.1) is 4.90 Å². The van der Waals surface area contributed by atoms with Crippen LogP contribution in [0.3, 0.4) is 0 Å². The van der Waals surface area contributed by atoms with Crippen LogP contribution in [0.1, 0.15) is 31.8 Å². The second-order valence-corrected chi connectivity index (χ2v) is 15.2. The minimum atomic E-state index is -4.84. The number of rotatable bonds is 16. The van der Waals surface area contributed by atoms with Crippen LogP contribution in [0.15, 0.2) is 94.7 Å². The second-order valence-electron chi connectivity index (χ2n) is 12.3. The van der Waals surface area contributed by atoms with Crippen molar-refractivity contribution in [1.82, 2.24) is 29.9 Å². The minimum Gasteiger partial charge on any atom is -0.366 e. The maximum absolute atomic E-state index is 12.6. The third-order valence-electron chi connectivity index (χ3n) is 8.12. The summed E-state index contributed by atoms with van der Waals surface area (Å²) in [5.74, 6) is -0.665. The summed E-state index contributed by atoms with van der Waals surface area (Å²) >= 11 is 0. The highest BCUT2D eigenvalue weighted by molar-refractivity contribution is 8.19. The van der Waals surface area contributed by atoms with Gasteiger partial charge in [-0.05, 0) is 83.9 Å². The fraction of sp³-hybridized carbons (Fsp3) is 0.0556. The zero-order valence-corrected chi connectivity index (χ0v) is 32.9. The van der Waals surface area contributed by atoms with Gasteiger partial charge in [-0.25, -0.2) is 0 Å². The van der Waals surface area contributed by atoms with E-state index in [1.165, 1.54) is 66.7 Å². The van der Waals surface area contributed by atoms with Gasteiger partial charge in [-0.2, -0.15) is 38.3 Å². The number of hydrogen-bond acceptors (Lipinski definition) is 19. The van der Waals surface area contributed by atoms with Gasteiger partial charge in [0.15, 0.2) is 0 Å². The monoisotopic (exact) mass is 856 g/mol. The van der Waals surface area contributed by atoms with Crippen LogP contribution in [0.4, 0.5) is 58.4 Å². The molecule has 0 saturated heterocycles. The predicted octanol–water partition coefficient (Wildman–Crippen LogP) is 5.31. The minimum absolute atomic E-state index is 0.00646. The molecule has 0 fully saturated rings. The molecule has 22 nitrogen and oxygen atoms in total. The van der Waals surface area contributed by atoms with Crippen LogP contribution < -0.4 is 43.4 Å². The smallest absolute Gasteiger partial charge is 0.295 e. The highest BCUT2D eigenvalue weighted by Gasteiger charge is 2.22. The summed E-state index contributed by atoms with van der Waals surface area (Å²) in [5, 5.41) is 17.4. The lowest BCUT2D eigenvalue weighted by molar-refractivity contribution is 0.0992. The van der Waals surface area contributed by atoms with Crippen molar-refractivity contribution in [2.45, 2.75) is 9.79 Å². The summed E-state index contributed by atoms with van der Waals surface area (Å²) in [5.41, 5.74) is 12.7. The molecule has 0 radical (unpaired) electrons. The Morgan fingerprint density at radius 1 is 0.500 bits per heavy atom. The van der Waals surface area contributed by atoms with Crippen LogP contribution >= 0.6 is 10.9 Å². The summed E-state index contributed by atoms with van der Waals surface area (Å²) in [6.07, 6.45) is 2.60. The van der Waals surface area contributed by atoms with Crippen molar-refractivity contribution in [2.24, 2.45) is 11.5 Å². The number of nitrogens with two attached hydrogens (primary N) is 2. The number of amides is 2. The number of primary amides is 2. The molecule has 0 spiro atoms. The Labute approximate surface area is 343 Å². The van der Waals surface area contributed by atoms with Crippen molar-refractivity contribution in [3.05, 3.63) is 107 Å². The Morgan fingerprint density at radius 3 is 1.15 bits per heavy atom. The predicted molar refractivity (Wildman–Crippen MR) is 227 cm³/mol. The lowest BCUT2D eigenvalue weighted by atomic mass is 10.1. The van der Waals surface area contributed by atoms with Gasteiger partial charge in [-0.3, -0.25) is 14.1 Å². The zero-order valence-electron chi connectivity index (χ0n) is 31.3. The lowest BCUT2D eigenvalue weighted by Gasteiger charge is -2.22. The van der Waals surface area contributed by atoms with Crippen LogP contribution in [0.2, 0.25) is 0 Å². The summed E-state index contributed by atoms with van der Waals surface area (Å²) < 4.78 is 66.5. The van der Waals surface area contributed by atoms with Gasteiger partial charge in [-0.1, -0.05) is 24.3 Å². The molecule has 0 saturated carbocycles. The van der Waals surface area contributed by atoms with E-state index < -0.39 is 37.7 Å². The highest BCUT2D eigenvalue weighted by atomic mass is 32.3. The Bertz CT molecular complexity index is 2720. The van der Waals surface area contributed by atoms with Gasteiger partial charge < -0.3 is 57.0 Å². The third kappa shape index (κ3) is 10.7. The van der Waals surface area contributed by atoms with Crippen molar-refractivity contribution < 1.29 is 36.2 Å². The normalized spacial score (nSPS) is 11.8. The molecule has 2 aromatic heterocycles. The summed E-state index contributed by atoms with van der Waals surface area (Å²) in [6.45, 7) is 0. The topological polar surface area (TPSA) is 351 Å². The number of carbonyl (C=O) groups is 2. The van der Waals surface area contributed by atoms with Crippen LogP contribution in [-0.4, -0.2) is 82.4 Å². The fourth-order valence-electron chi connectivity index (χ4n) is 5.29. The molecule has 0 atom stereocenters. The van der Waals surface area contributed by atoms with Crippen molar-refractivity contribution in [3.8, 4) is 0 Å². The Kier molecular flexibility index (Phi) is 12.3. The van der Waals surface area contributed by atoms with Crippen LogP contribution in [0.25, 0.3) is 12.2 Å². The maximum Gasteiger partial charge on any atom is 0.295 e. The van der Waals surface area contributed by atoms with Crippen molar-refractivity contribution >= 4 is 103 Å². The van der Waals surface area contributed by atoms with E-state index in [2.05, 4.69) is 61.8 Å². The Morgan fingerprint density at radius 2 is 0.817 bits per heavy atom. The molecule has 0 aliphatic rings. The number of nitrogens with one attached hydrogen (secondary N) is 6. The largest absolute Gasteiger partial charge is 0.366 e. The van der Waals surface area contributed by atoms with Gasteiger partial charge in [-0.15, -0.1) is 0 Å². The van der Waals surface area contributed by atoms with E-state index >= 15 is 0 Å². The Balaban J connectivity index is 1.24. The summed E-state index contributed by atoms with van der Waals surface area (Å²) in [6, 6.07) is 20.6. The van der Waals surface area contributed by atoms with E-state index in [1.807, 2.05) is 0 Å². The SMILES string of the molecule is CNc1nc(Nc2ccc(C(N)=O)cc2)nc(Nc2ccc(C=Cc3ccc(Nc4nc(NC)nc(Nc5ccc(C(N)=O)cc5)n4)cc3S(=O)(=O)O)c(S(O)(O)O)c2)n1. The third-order valence-corrected chi connectivity index (χ3v) is 9.98. The standard InChI is InChI=1S/C36H36N14O8S2/c1-39-31-45-33(41-23-11-7-21(8-12-23)29(37)51)49-35(47-31)43-25-15-5-19(27(17-25)59(53,54)55)3-4-20-6-16-26(18-28(20)60(56,57)58)44-36-48-32(40-2)46-34(50-36)42-24-13-9-22(10-14-24)30(38)52/h3-18,53-55H,1-2H3,(H2,37,51)(H2,38,52)(H,56,57,58)(H3,39,41,43,45,47,49)(H3,40,42,44,46,48,50). The number of carbonyl (C=O) groups excluding carboxylic acids is 2. The van der Waals surface area contributed by atoms with Crippen LogP contribution in [-0.2, 0) is 10.1 Å². The molecule has 2 amide bonds. The molecule has 4 aromatic carbocycles. The van der Waals surface area contributed by atoms with E-state index in [0.29, 0.717) is 22.5 Å². The van der Waals surface area contributed by atoms with Gasteiger partial charge in [0.2, 0.25) is 47.5 Å². The summed E-state index contributed by atoms with van der Waals surface area (Å²) in [4.78, 5) is 47.7. The van der Waals surface area contributed by atoms with Gasteiger partial charge in [0.25, 0.3) is 10.1 Å². The number of benzene rings is 4. The van der Waals surface area contributed by atoms with E-state index in [1.54, 1.807) is 38.4 Å². The average molecular weight is 857 g/mol. The van der Waals surface area contributed by atoms with Crippen LogP contribution in [0.5, 0.6) is 0 Å². The Hall–Kier alpha value is -7.48. The summed E-state index contributed by atoms with van der Waals surface area (Å²) in [7, 11) is -6.04.